The first-order valence-electron chi connectivity index (χ1n) is 6.62. The number of nitrogens with one attached hydrogen (secondary N) is 1. The molecule has 0 saturated heterocycles. The molecule has 3 heterocycles. The minimum Gasteiger partial charge on any atom is -0.459 e. The van der Waals surface area contributed by atoms with Crippen LogP contribution in [-0.4, -0.2) is 22.2 Å². The third-order valence-electron chi connectivity index (χ3n) is 3.05. The van der Waals surface area contributed by atoms with Crippen molar-refractivity contribution in [3.8, 4) is 10.4 Å². The van der Waals surface area contributed by atoms with Crippen LogP contribution in [-0.2, 0) is 13.5 Å². The second kappa shape index (κ2) is 5.97. The highest BCUT2D eigenvalue weighted by Crippen LogP contribution is 2.27. The molecule has 0 aliphatic heterocycles. The smallest absolute Gasteiger partial charge is 0.286 e. The second-order valence-corrected chi connectivity index (χ2v) is 5.82. The monoisotopic (exact) mass is 301 g/mol. The van der Waals surface area contributed by atoms with Gasteiger partial charge in [0.1, 0.15) is 0 Å². The fourth-order valence-electron chi connectivity index (χ4n) is 2.01. The number of nitrogens with zero attached hydrogens (tertiary/aromatic N) is 2. The molecule has 0 atom stereocenters. The Balaban J connectivity index is 1.54. The molecule has 108 valence electrons. The standard InChI is InChI=1S/C15H15N3O2S/c1-18-10-11(9-17-18)14-5-4-12(21-14)6-7-16-15(19)13-3-2-8-20-13/h2-5,8-10H,6-7H2,1H3,(H,16,19). The van der Waals surface area contributed by atoms with Crippen LogP contribution in [0.4, 0.5) is 0 Å². The molecule has 0 aliphatic carbocycles. The number of rotatable bonds is 5. The van der Waals surface area contributed by atoms with E-state index in [1.165, 1.54) is 16.0 Å². The van der Waals surface area contributed by atoms with Crippen LogP contribution in [0.1, 0.15) is 15.4 Å². The molecule has 0 radical (unpaired) electrons. The third-order valence-corrected chi connectivity index (χ3v) is 4.25. The van der Waals surface area contributed by atoms with E-state index < -0.39 is 0 Å². The Kier molecular flexibility index (Phi) is 3.87. The lowest BCUT2D eigenvalue weighted by molar-refractivity contribution is 0.0926. The number of aromatic nitrogens is 2. The van der Waals surface area contributed by atoms with Crippen LogP contribution in [0.5, 0.6) is 0 Å². The largest absolute Gasteiger partial charge is 0.459 e. The molecule has 3 aromatic heterocycles. The Morgan fingerprint density at radius 3 is 3.05 bits per heavy atom. The molecular weight excluding hydrogens is 286 g/mol. The Morgan fingerprint density at radius 2 is 2.33 bits per heavy atom. The van der Waals surface area contributed by atoms with Crippen molar-refractivity contribution in [2.24, 2.45) is 7.05 Å². The van der Waals surface area contributed by atoms with Crippen LogP contribution < -0.4 is 5.32 Å². The quantitative estimate of drug-likeness (QED) is 0.788. The van der Waals surface area contributed by atoms with E-state index in [4.69, 9.17) is 4.42 Å². The summed E-state index contributed by atoms with van der Waals surface area (Å²) < 4.78 is 6.83. The van der Waals surface area contributed by atoms with Crippen molar-refractivity contribution in [2.45, 2.75) is 6.42 Å². The fraction of sp³-hybridized carbons (Fsp3) is 0.200. The van der Waals surface area contributed by atoms with Gasteiger partial charge in [0.2, 0.25) is 0 Å². The summed E-state index contributed by atoms with van der Waals surface area (Å²) in [6.45, 7) is 0.590. The first kappa shape index (κ1) is 13.6. The summed E-state index contributed by atoms with van der Waals surface area (Å²) in [6.07, 6.45) is 6.15. The molecule has 6 heteroatoms. The summed E-state index contributed by atoms with van der Waals surface area (Å²) in [5.74, 6) is 0.168. The molecule has 0 spiro atoms. The molecule has 5 nitrogen and oxygen atoms in total. The van der Waals surface area contributed by atoms with E-state index >= 15 is 0 Å². The highest BCUT2D eigenvalue weighted by Gasteiger charge is 2.08. The maximum atomic E-state index is 11.7. The molecule has 0 saturated carbocycles. The first-order valence-corrected chi connectivity index (χ1v) is 7.43. The summed E-state index contributed by atoms with van der Waals surface area (Å²) in [6, 6.07) is 7.53. The Labute approximate surface area is 126 Å². The molecule has 1 amide bonds. The van der Waals surface area contributed by atoms with Gasteiger partial charge in [-0.05, 0) is 30.7 Å². The summed E-state index contributed by atoms with van der Waals surface area (Å²) in [7, 11) is 1.90. The molecule has 0 unspecified atom stereocenters. The Bertz CT molecular complexity index is 728. The van der Waals surface area contributed by atoms with Crippen molar-refractivity contribution in [3.63, 3.8) is 0 Å². The lowest BCUT2D eigenvalue weighted by atomic mass is 10.3. The second-order valence-electron chi connectivity index (χ2n) is 4.65. The van der Waals surface area contributed by atoms with Crippen molar-refractivity contribution < 1.29 is 9.21 Å². The minimum absolute atomic E-state index is 0.177. The molecular formula is C15H15N3O2S. The zero-order valence-corrected chi connectivity index (χ0v) is 12.4. The van der Waals surface area contributed by atoms with Crippen molar-refractivity contribution in [1.82, 2.24) is 15.1 Å². The average Bonchev–Trinajstić information content (AvgIpc) is 3.19. The van der Waals surface area contributed by atoms with Crippen LogP contribution in [0.25, 0.3) is 10.4 Å². The van der Waals surface area contributed by atoms with Crippen molar-refractivity contribution in [2.75, 3.05) is 6.54 Å². The average molecular weight is 301 g/mol. The van der Waals surface area contributed by atoms with Gasteiger partial charge in [0.05, 0.1) is 12.5 Å². The summed E-state index contributed by atoms with van der Waals surface area (Å²) in [5.41, 5.74) is 1.12. The van der Waals surface area contributed by atoms with E-state index in [9.17, 15) is 4.79 Å². The number of hydrogen-bond acceptors (Lipinski definition) is 4. The highest BCUT2D eigenvalue weighted by atomic mass is 32.1. The maximum absolute atomic E-state index is 11.7. The van der Waals surface area contributed by atoms with Crippen LogP contribution in [0, 0.1) is 0 Å². The van der Waals surface area contributed by atoms with Gasteiger partial charge in [-0.15, -0.1) is 11.3 Å². The van der Waals surface area contributed by atoms with E-state index in [1.807, 2.05) is 19.4 Å². The van der Waals surface area contributed by atoms with Gasteiger partial charge in [-0.25, -0.2) is 0 Å². The molecule has 3 rings (SSSR count). The van der Waals surface area contributed by atoms with Crippen LogP contribution in [0.3, 0.4) is 0 Å². The number of carbonyl (C=O) groups excluding carboxylic acids is 1. The van der Waals surface area contributed by atoms with Crippen LogP contribution in [0.15, 0.2) is 47.3 Å². The van der Waals surface area contributed by atoms with Gasteiger partial charge >= 0.3 is 0 Å². The topological polar surface area (TPSA) is 60.1 Å². The molecule has 3 aromatic rings. The van der Waals surface area contributed by atoms with Gasteiger partial charge < -0.3 is 9.73 Å². The molecule has 0 fully saturated rings. The van der Waals surface area contributed by atoms with Crippen molar-refractivity contribution in [1.29, 1.82) is 0 Å². The first-order chi connectivity index (χ1) is 10.2. The van der Waals surface area contributed by atoms with Crippen LogP contribution in [0.2, 0.25) is 0 Å². The van der Waals surface area contributed by atoms with Crippen molar-refractivity contribution >= 4 is 17.2 Å². The predicted molar refractivity (Wildman–Crippen MR) is 81.3 cm³/mol. The van der Waals surface area contributed by atoms with E-state index in [1.54, 1.807) is 28.2 Å². The lowest BCUT2D eigenvalue weighted by Crippen LogP contribution is -2.24. The van der Waals surface area contributed by atoms with Gasteiger partial charge in [0, 0.05) is 35.1 Å². The van der Waals surface area contributed by atoms with E-state index in [0.717, 1.165) is 12.0 Å². The molecule has 0 aliphatic rings. The predicted octanol–water partition coefficient (Wildman–Crippen LogP) is 2.71. The van der Waals surface area contributed by atoms with Crippen LogP contribution >= 0.6 is 11.3 Å². The number of carbonyl (C=O) groups is 1. The molecule has 0 bridgehead atoms. The Hall–Kier alpha value is -2.34. The molecule has 1 N–H and O–H groups in total. The third kappa shape index (κ3) is 3.22. The van der Waals surface area contributed by atoms with Crippen molar-refractivity contribution in [3.05, 3.63) is 53.6 Å². The van der Waals surface area contributed by atoms with Gasteiger partial charge in [0.25, 0.3) is 5.91 Å². The normalized spacial score (nSPS) is 10.7. The number of aryl methyl sites for hydroxylation is 1. The summed E-state index contributed by atoms with van der Waals surface area (Å²) in [4.78, 5) is 14.1. The lowest BCUT2D eigenvalue weighted by Gasteiger charge is -2.01. The van der Waals surface area contributed by atoms with E-state index in [0.29, 0.717) is 12.3 Å². The minimum atomic E-state index is -0.177. The molecule has 0 aromatic carbocycles. The maximum Gasteiger partial charge on any atom is 0.286 e. The number of hydrogen-bond donors (Lipinski definition) is 1. The van der Waals surface area contributed by atoms with Gasteiger partial charge in [0.15, 0.2) is 5.76 Å². The number of furan rings is 1. The van der Waals surface area contributed by atoms with Gasteiger partial charge in [-0.3, -0.25) is 9.48 Å². The summed E-state index contributed by atoms with van der Waals surface area (Å²) in [5, 5.41) is 7.02. The van der Waals surface area contributed by atoms with E-state index in [-0.39, 0.29) is 5.91 Å². The number of thiophene rings is 1. The van der Waals surface area contributed by atoms with Gasteiger partial charge in [-0.1, -0.05) is 0 Å². The van der Waals surface area contributed by atoms with E-state index in [2.05, 4.69) is 22.5 Å². The van der Waals surface area contributed by atoms with Gasteiger partial charge in [-0.2, -0.15) is 5.10 Å². The molecule has 21 heavy (non-hydrogen) atoms. The highest BCUT2D eigenvalue weighted by molar-refractivity contribution is 7.15. The number of amides is 1. The SMILES string of the molecule is Cn1cc(-c2ccc(CCNC(=O)c3ccco3)s2)cn1. The Morgan fingerprint density at radius 1 is 1.43 bits per heavy atom. The fourth-order valence-corrected chi connectivity index (χ4v) is 2.99. The summed E-state index contributed by atoms with van der Waals surface area (Å²) >= 11 is 1.72. The zero-order valence-electron chi connectivity index (χ0n) is 11.6. The zero-order chi connectivity index (χ0) is 14.7.